The molecule has 0 amide bonds. The fraction of sp³-hybridized carbons (Fsp3) is 0.238. The quantitative estimate of drug-likeness (QED) is 0.781. The summed E-state index contributed by atoms with van der Waals surface area (Å²) in [6.07, 6.45) is 4.05. The number of aromatic amines is 1. The van der Waals surface area contributed by atoms with Crippen molar-refractivity contribution in [3.05, 3.63) is 72.4 Å². The number of nitrogens with one attached hydrogen (secondary N) is 1. The van der Waals surface area contributed by atoms with Crippen molar-refractivity contribution >= 4 is 22.7 Å². The van der Waals surface area contributed by atoms with Crippen molar-refractivity contribution in [2.75, 3.05) is 31.1 Å². The van der Waals surface area contributed by atoms with Gasteiger partial charge in [0.05, 0.1) is 0 Å². The van der Waals surface area contributed by atoms with E-state index < -0.39 is 0 Å². The van der Waals surface area contributed by atoms with Gasteiger partial charge in [0.1, 0.15) is 0 Å². The maximum absolute atomic E-state index is 3.82. The highest BCUT2D eigenvalue weighted by Crippen LogP contribution is 2.22. The van der Waals surface area contributed by atoms with Gasteiger partial charge in [0, 0.05) is 55.5 Å². The first-order valence-electron chi connectivity index (χ1n) is 8.58. The Bertz CT molecular complexity index is 824. The molecule has 1 aliphatic rings. The second-order valence-electron chi connectivity index (χ2n) is 6.42. The molecule has 0 unspecified atom stereocenters. The zero-order valence-corrected chi connectivity index (χ0v) is 13.9. The van der Waals surface area contributed by atoms with Crippen molar-refractivity contribution in [2.45, 2.75) is 6.54 Å². The molecule has 2 heterocycles. The highest BCUT2D eigenvalue weighted by molar-refractivity contribution is 5.82. The molecule has 0 bridgehead atoms. The number of aromatic nitrogens is 1. The summed E-state index contributed by atoms with van der Waals surface area (Å²) < 4.78 is 0. The zero-order valence-electron chi connectivity index (χ0n) is 13.9. The third-order valence-electron chi connectivity index (χ3n) is 4.94. The summed E-state index contributed by atoms with van der Waals surface area (Å²) in [7, 11) is 0. The van der Waals surface area contributed by atoms with Crippen LogP contribution in [0, 0.1) is 0 Å². The van der Waals surface area contributed by atoms with E-state index in [1.807, 2.05) is 6.08 Å². The first kappa shape index (κ1) is 15.0. The summed E-state index contributed by atoms with van der Waals surface area (Å²) in [4.78, 5) is 8.39. The van der Waals surface area contributed by atoms with E-state index in [0.717, 1.165) is 32.7 Å². The molecule has 0 saturated carbocycles. The molecule has 0 spiro atoms. The Kier molecular flexibility index (Phi) is 4.09. The zero-order chi connectivity index (χ0) is 16.4. The first-order chi connectivity index (χ1) is 11.8. The van der Waals surface area contributed by atoms with Crippen molar-refractivity contribution in [1.82, 2.24) is 9.88 Å². The monoisotopic (exact) mass is 317 g/mol. The molecule has 3 heteroatoms. The van der Waals surface area contributed by atoms with Crippen LogP contribution in [0.2, 0.25) is 0 Å². The van der Waals surface area contributed by atoms with Gasteiger partial charge in [0.25, 0.3) is 0 Å². The molecule has 1 aliphatic heterocycles. The lowest BCUT2D eigenvalue weighted by atomic mass is 10.1. The molecule has 0 radical (unpaired) electrons. The van der Waals surface area contributed by atoms with Gasteiger partial charge in [0.15, 0.2) is 0 Å². The number of nitrogens with zero attached hydrogens (tertiary/aromatic N) is 2. The molecular formula is C21H23N3. The fourth-order valence-corrected chi connectivity index (χ4v) is 3.49. The van der Waals surface area contributed by atoms with E-state index in [-0.39, 0.29) is 0 Å². The van der Waals surface area contributed by atoms with E-state index in [1.54, 1.807) is 0 Å². The smallest absolute Gasteiger partial charge is 0.0457 e. The molecule has 1 N–H and O–H groups in total. The predicted molar refractivity (Wildman–Crippen MR) is 102 cm³/mol. The van der Waals surface area contributed by atoms with Crippen LogP contribution in [0.1, 0.15) is 11.1 Å². The van der Waals surface area contributed by atoms with Gasteiger partial charge in [-0.05, 0) is 29.3 Å². The van der Waals surface area contributed by atoms with Crippen LogP contribution in [-0.2, 0) is 6.54 Å². The average molecular weight is 317 g/mol. The van der Waals surface area contributed by atoms with Gasteiger partial charge in [-0.3, -0.25) is 4.90 Å². The van der Waals surface area contributed by atoms with Crippen LogP contribution in [0.25, 0.3) is 17.0 Å². The van der Waals surface area contributed by atoms with Gasteiger partial charge in [-0.2, -0.15) is 0 Å². The number of rotatable bonds is 4. The molecular weight excluding hydrogens is 294 g/mol. The standard InChI is InChI=1S/C21H23N3/c1-2-17-7-9-19(10-8-17)24-13-11-23(12-14-24)16-18-15-22-21-6-4-3-5-20(18)21/h2-10,15,22H,1,11-14,16H2. The molecule has 1 fully saturated rings. The number of para-hydroxylation sites is 1. The van der Waals surface area contributed by atoms with Gasteiger partial charge >= 0.3 is 0 Å². The van der Waals surface area contributed by atoms with E-state index >= 15 is 0 Å². The van der Waals surface area contributed by atoms with Crippen LogP contribution in [-0.4, -0.2) is 36.1 Å². The van der Waals surface area contributed by atoms with E-state index in [9.17, 15) is 0 Å². The Morgan fingerprint density at radius 2 is 1.71 bits per heavy atom. The Labute approximate surface area is 143 Å². The molecule has 3 nitrogen and oxygen atoms in total. The lowest BCUT2D eigenvalue weighted by molar-refractivity contribution is 0.250. The molecule has 2 aromatic carbocycles. The molecule has 24 heavy (non-hydrogen) atoms. The highest BCUT2D eigenvalue weighted by atomic mass is 15.3. The van der Waals surface area contributed by atoms with Crippen molar-refractivity contribution in [2.24, 2.45) is 0 Å². The molecule has 122 valence electrons. The van der Waals surface area contributed by atoms with E-state index in [1.165, 1.54) is 27.7 Å². The summed E-state index contributed by atoms with van der Waals surface area (Å²) in [5.74, 6) is 0. The van der Waals surface area contributed by atoms with Gasteiger partial charge in [-0.1, -0.05) is 43.0 Å². The van der Waals surface area contributed by atoms with Gasteiger partial charge in [-0.25, -0.2) is 0 Å². The van der Waals surface area contributed by atoms with Gasteiger partial charge in [-0.15, -0.1) is 0 Å². The Morgan fingerprint density at radius 1 is 0.958 bits per heavy atom. The number of fused-ring (bicyclic) bond motifs is 1. The second kappa shape index (κ2) is 6.54. The van der Waals surface area contributed by atoms with E-state index in [0.29, 0.717) is 0 Å². The summed E-state index contributed by atoms with van der Waals surface area (Å²) in [5.41, 5.74) is 5.12. The van der Waals surface area contributed by atoms with Crippen LogP contribution in [0.3, 0.4) is 0 Å². The summed E-state index contributed by atoms with van der Waals surface area (Å²) >= 11 is 0. The third-order valence-corrected chi connectivity index (χ3v) is 4.94. The number of piperazine rings is 1. The van der Waals surface area contributed by atoms with Crippen molar-refractivity contribution in [3.63, 3.8) is 0 Å². The molecule has 4 rings (SSSR count). The van der Waals surface area contributed by atoms with Gasteiger partial charge in [0.2, 0.25) is 0 Å². The molecule has 1 aromatic heterocycles. The number of hydrogen-bond acceptors (Lipinski definition) is 2. The van der Waals surface area contributed by atoms with Gasteiger partial charge < -0.3 is 9.88 Å². The maximum atomic E-state index is 3.82. The Balaban J connectivity index is 1.39. The van der Waals surface area contributed by atoms with Crippen LogP contribution in [0.4, 0.5) is 5.69 Å². The van der Waals surface area contributed by atoms with Crippen LogP contribution in [0.5, 0.6) is 0 Å². The van der Waals surface area contributed by atoms with Crippen LogP contribution in [0.15, 0.2) is 61.3 Å². The molecule has 0 atom stereocenters. The SMILES string of the molecule is C=Cc1ccc(N2CCN(Cc3c[nH]c4ccccc34)CC2)cc1. The molecule has 3 aromatic rings. The molecule has 0 aliphatic carbocycles. The lowest BCUT2D eigenvalue weighted by Gasteiger charge is -2.36. The van der Waals surface area contributed by atoms with Crippen molar-refractivity contribution < 1.29 is 0 Å². The largest absolute Gasteiger partial charge is 0.369 e. The maximum Gasteiger partial charge on any atom is 0.0457 e. The van der Waals surface area contributed by atoms with Crippen LogP contribution >= 0.6 is 0 Å². The minimum absolute atomic E-state index is 1.02. The van der Waals surface area contributed by atoms with Crippen LogP contribution < -0.4 is 4.90 Å². The fourth-order valence-electron chi connectivity index (χ4n) is 3.49. The first-order valence-corrected chi connectivity index (χ1v) is 8.58. The number of H-pyrrole nitrogens is 1. The number of hydrogen-bond donors (Lipinski definition) is 1. The minimum Gasteiger partial charge on any atom is -0.369 e. The summed E-state index contributed by atoms with van der Waals surface area (Å²) in [6.45, 7) is 9.20. The topological polar surface area (TPSA) is 22.3 Å². The molecule has 1 saturated heterocycles. The Hall–Kier alpha value is -2.52. The predicted octanol–water partition coefficient (Wildman–Crippen LogP) is 4.13. The minimum atomic E-state index is 1.02. The summed E-state index contributed by atoms with van der Waals surface area (Å²) in [6, 6.07) is 17.2. The van der Waals surface area contributed by atoms with E-state index in [4.69, 9.17) is 0 Å². The Morgan fingerprint density at radius 3 is 2.46 bits per heavy atom. The highest BCUT2D eigenvalue weighted by Gasteiger charge is 2.18. The number of benzene rings is 2. The van der Waals surface area contributed by atoms with Crippen molar-refractivity contribution in [3.8, 4) is 0 Å². The lowest BCUT2D eigenvalue weighted by Crippen LogP contribution is -2.45. The summed E-state index contributed by atoms with van der Waals surface area (Å²) in [5, 5.41) is 1.35. The average Bonchev–Trinajstić information content (AvgIpc) is 3.06. The van der Waals surface area contributed by atoms with Crippen molar-refractivity contribution in [1.29, 1.82) is 0 Å². The third kappa shape index (κ3) is 2.95. The normalized spacial score (nSPS) is 15.8. The van der Waals surface area contributed by atoms with E-state index in [2.05, 4.69) is 76.1 Å². The number of anilines is 1. The second-order valence-corrected chi connectivity index (χ2v) is 6.42.